The van der Waals surface area contributed by atoms with Crippen LogP contribution < -0.4 is 9.62 Å². The lowest BCUT2D eigenvalue weighted by atomic mass is 10.1. The fourth-order valence-corrected chi connectivity index (χ4v) is 4.19. The van der Waals surface area contributed by atoms with E-state index in [0.717, 1.165) is 12.3 Å². The molecule has 0 saturated heterocycles. The zero-order chi connectivity index (χ0) is 23.2. The van der Waals surface area contributed by atoms with Gasteiger partial charge in [0, 0.05) is 18.6 Å². The summed E-state index contributed by atoms with van der Waals surface area (Å²) in [5, 5.41) is 2.92. The second kappa shape index (κ2) is 10.6. The predicted molar refractivity (Wildman–Crippen MR) is 119 cm³/mol. The number of amides is 2. The summed E-state index contributed by atoms with van der Waals surface area (Å²) >= 11 is 6.23. The number of nitrogens with one attached hydrogen (secondary N) is 1. The first-order chi connectivity index (χ1) is 14.6. The Hall–Kier alpha value is -2.65. The van der Waals surface area contributed by atoms with E-state index in [-0.39, 0.29) is 18.7 Å². The number of anilines is 1. The molecule has 31 heavy (non-hydrogen) atoms. The zero-order valence-electron chi connectivity index (χ0n) is 17.5. The fraction of sp³-hybridized carbons (Fsp3) is 0.333. The van der Waals surface area contributed by atoms with Crippen molar-refractivity contribution in [2.45, 2.75) is 25.9 Å². The molecule has 168 valence electrons. The Balaban J connectivity index is 2.46. The highest BCUT2D eigenvalue weighted by Crippen LogP contribution is 2.23. The van der Waals surface area contributed by atoms with E-state index < -0.39 is 40.2 Å². The first kappa shape index (κ1) is 24.6. The Kier molecular flexibility index (Phi) is 8.41. The summed E-state index contributed by atoms with van der Waals surface area (Å²) in [5.41, 5.74) is 0.348. The first-order valence-corrected chi connectivity index (χ1v) is 11.8. The molecule has 1 N–H and O–H groups in total. The van der Waals surface area contributed by atoms with Crippen LogP contribution >= 0.6 is 11.6 Å². The van der Waals surface area contributed by atoms with Gasteiger partial charge in [-0.05, 0) is 30.2 Å². The number of hydrogen-bond acceptors (Lipinski definition) is 4. The van der Waals surface area contributed by atoms with Crippen LogP contribution in [0.25, 0.3) is 0 Å². The number of sulfonamides is 1. The summed E-state index contributed by atoms with van der Waals surface area (Å²) < 4.78 is 39.8. The predicted octanol–water partition coefficient (Wildman–Crippen LogP) is 2.80. The molecule has 2 rings (SSSR count). The highest BCUT2D eigenvalue weighted by Gasteiger charge is 2.32. The summed E-state index contributed by atoms with van der Waals surface area (Å²) in [6.45, 7) is 1.05. The lowest BCUT2D eigenvalue weighted by Gasteiger charge is -2.32. The van der Waals surface area contributed by atoms with Crippen molar-refractivity contribution in [3.8, 4) is 0 Å². The van der Waals surface area contributed by atoms with Gasteiger partial charge in [-0.1, -0.05) is 48.9 Å². The molecule has 7 nitrogen and oxygen atoms in total. The van der Waals surface area contributed by atoms with E-state index in [2.05, 4.69) is 5.32 Å². The van der Waals surface area contributed by atoms with Gasteiger partial charge in [0.25, 0.3) is 0 Å². The van der Waals surface area contributed by atoms with Gasteiger partial charge in [-0.3, -0.25) is 13.9 Å². The van der Waals surface area contributed by atoms with Crippen molar-refractivity contribution in [2.24, 2.45) is 0 Å². The third-order valence-electron chi connectivity index (χ3n) is 4.73. The minimum atomic E-state index is -3.99. The van der Waals surface area contributed by atoms with Gasteiger partial charge in [0.1, 0.15) is 18.4 Å². The van der Waals surface area contributed by atoms with E-state index in [1.54, 1.807) is 31.2 Å². The van der Waals surface area contributed by atoms with Gasteiger partial charge >= 0.3 is 0 Å². The van der Waals surface area contributed by atoms with Crippen molar-refractivity contribution >= 4 is 39.1 Å². The van der Waals surface area contributed by atoms with Crippen LogP contribution in [0.2, 0.25) is 5.02 Å². The van der Waals surface area contributed by atoms with Crippen LogP contribution in [0.1, 0.15) is 18.9 Å². The molecule has 0 aliphatic heterocycles. The molecule has 0 bridgehead atoms. The van der Waals surface area contributed by atoms with Crippen molar-refractivity contribution in [2.75, 3.05) is 24.2 Å². The summed E-state index contributed by atoms with van der Waals surface area (Å²) in [6, 6.07) is 11.3. The number of hydrogen-bond donors (Lipinski definition) is 1. The third-order valence-corrected chi connectivity index (χ3v) is 6.23. The standard InChI is InChI=1S/C21H25ClFN3O4S/c1-4-18(21(28)24-2)25(13-15-9-5-6-10-16(15)22)20(27)14-26(31(3,29)30)19-12-8-7-11-17(19)23/h5-12,18H,4,13-14H2,1-3H3,(H,24,28). The molecule has 0 fully saturated rings. The summed E-state index contributed by atoms with van der Waals surface area (Å²) in [6.07, 6.45) is 1.18. The third kappa shape index (κ3) is 6.18. The van der Waals surface area contributed by atoms with Gasteiger partial charge in [-0.2, -0.15) is 0 Å². The quantitative estimate of drug-likeness (QED) is 0.611. The van der Waals surface area contributed by atoms with E-state index >= 15 is 0 Å². The Morgan fingerprint density at radius 2 is 1.74 bits per heavy atom. The molecule has 1 unspecified atom stereocenters. The maximum atomic E-state index is 14.3. The molecule has 2 aromatic carbocycles. The average Bonchev–Trinajstić information content (AvgIpc) is 2.72. The molecule has 10 heteroatoms. The SMILES string of the molecule is CCC(C(=O)NC)N(Cc1ccccc1Cl)C(=O)CN(c1ccccc1F)S(C)(=O)=O. The van der Waals surface area contributed by atoms with Crippen LogP contribution in [0.3, 0.4) is 0 Å². The number of nitrogens with zero attached hydrogens (tertiary/aromatic N) is 2. The van der Waals surface area contributed by atoms with Gasteiger partial charge in [-0.25, -0.2) is 12.8 Å². The molecule has 0 spiro atoms. The lowest BCUT2D eigenvalue weighted by molar-refractivity contribution is -0.140. The number of likely N-dealkylation sites (N-methyl/N-ethyl adjacent to an activating group) is 1. The number of carbonyl (C=O) groups is 2. The normalized spacial score (nSPS) is 12.2. The molecule has 0 aliphatic carbocycles. The molecule has 1 atom stereocenters. The van der Waals surface area contributed by atoms with E-state index in [1.165, 1.54) is 30.1 Å². The maximum absolute atomic E-state index is 14.3. The van der Waals surface area contributed by atoms with Crippen LogP contribution in [0, 0.1) is 5.82 Å². The topological polar surface area (TPSA) is 86.8 Å². The van der Waals surface area contributed by atoms with Crippen LogP contribution in [-0.4, -0.2) is 51.0 Å². The van der Waals surface area contributed by atoms with Gasteiger partial charge in [0.15, 0.2) is 0 Å². The van der Waals surface area contributed by atoms with Crippen molar-refractivity contribution in [1.29, 1.82) is 0 Å². The van der Waals surface area contributed by atoms with E-state index in [4.69, 9.17) is 11.6 Å². The molecule has 0 aromatic heterocycles. The highest BCUT2D eigenvalue weighted by atomic mass is 35.5. The number of para-hydroxylation sites is 1. The summed E-state index contributed by atoms with van der Waals surface area (Å²) in [4.78, 5) is 27.0. The average molecular weight is 470 g/mol. The van der Waals surface area contributed by atoms with Crippen molar-refractivity contribution in [3.63, 3.8) is 0 Å². The largest absolute Gasteiger partial charge is 0.357 e. The Morgan fingerprint density at radius 3 is 2.29 bits per heavy atom. The molecule has 0 radical (unpaired) electrons. The maximum Gasteiger partial charge on any atom is 0.244 e. The molecular formula is C21H25ClFN3O4S. The number of rotatable bonds is 9. The first-order valence-electron chi connectivity index (χ1n) is 9.56. The van der Waals surface area contributed by atoms with Crippen LogP contribution in [0.4, 0.5) is 10.1 Å². The van der Waals surface area contributed by atoms with Gasteiger partial charge < -0.3 is 10.2 Å². The zero-order valence-corrected chi connectivity index (χ0v) is 19.1. The number of benzene rings is 2. The van der Waals surface area contributed by atoms with Gasteiger partial charge in [0.05, 0.1) is 11.9 Å². The van der Waals surface area contributed by atoms with Crippen molar-refractivity contribution in [3.05, 3.63) is 64.9 Å². The second-order valence-corrected chi connectivity index (χ2v) is 9.19. The molecule has 0 aliphatic rings. The summed E-state index contributed by atoms with van der Waals surface area (Å²) in [7, 11) is -2.54. The molecule has 0 saturated carbocycles. The van der Waals surface area contributed by atoms with E-state index in [1.807, 2.05) is 0 Å². The molecular weight excluding hydrogens is 445 g/mol. The van der Waals surface area contributed by atoms with Crippen LogP contribution in [0.15, 0.2) is 48.5 Å². The fourth-order valence-electron chi connectivity index (χ4n) is 3.15. The van der Waals surface area contributed by atoms with Gasteiger partial charge in [0.2, 0.25) is 21.8 Å². The van der Waals surface area contributed by atoms with Crippen LogP contribution in [0.5, 0.6) is 0 Å². The minimum Gasteiger partial charge on any atom is -0.357 e. The Bertz CT molecular complexity index is 1050. The minimum absolute atomic E-state index is 0.0146. The summed E-state index contributed by atoms with van der Waals surface area (Å²) in [5.74, 6) is -1.85. The molecule has 0 heterocycles. The number of halogens is 2. The molecule has 2 aromatic rings. The number of carbonyl (C=O) groups excluding carboxylic acids is 2. The smallest absolute Gasteiger partial charge is 0.244 e. The second-order valence-electron chi connectivity index (χ2n) is 6.87. The lowest BCUT2D eigenvalue weighted by Crippen LogP contribution is -2.51. The van der Waals surface area contributed by atoms with E-state index in [9.17, 15) is 22.4 Å². The van der Waals surface area contributed by atoms with E-state index in [0.29, 0.717) is 14.9 Å². The van der Waals surface area contributed by atoms with Crippen molar-refractivity contribution in [1.82, 2.24) is 10.2 Å². The Labute approximate surface area is 186 Å². The van der Waals surface area contributed by atoms with Crippen LogP contribution in [-0.2, 0) is 26.2 Å². The van der Waals surface area contributed by atoms with Gasteiger partial charge in [-0.15, -0.1) is 0 Å². The highest BCUT2D eigenvalue weighted by molar-refractivity contribution is 7.92. The van der Waals surface area contributed by atoms with Crippen molar-refractivity contribution < 1.29 is 22.4 Å². The monoisotopic (exact) mass is 469 g/mol. The molecule has 2 amide bonds. The Morgan fingerprint density at radius 1 is 1.13 bits per heavy atom.